The number of anilines is 4. The van der Waals surface area contributed by atoms with Crippen molar-refractivity contribution in [2.24, 2.45) is 0 Å². The van der Waals surface area contributed by atoms with Crippen LogP contribution in [0.15, 0.2) is 35.1 Å². The lowest BCUT2D eigenvalue weighted by atomic mass is 10.2. The van der Waals surface area contributed by atoms with Crippen molar-refractivity contribution in [3.63, 3.8) is 0 Å². The smallest absolute Gasteiger partial charge is 0.270 e. The molecule has 2 aromatic heterocycles. The third kappa shape index (κ3) is 3.71. The quantitative estimate of drug-likeness (QED) is 0.447. The molecule has 0 aliphatic carbocycles. The minimum atomic E-state index is -1.05. The highest BCUT2D eigenvalue weighted by Gasteiger charge is 2.26. The van der Waals surface area contributed by atoms with Crippen LogP contribution in [-0.4, -0.2) is 26.1 Å². The molecule has 0 aliphatic heterocycles. The molecule has 34 heavy (non-hydrogen) atoms. The van der Waals surface area contributed by atoms with Crippen LogP contribution in [-0.2, 0) is 0 Å². The lowest BCUT2D eigenvalue weighted by Crippen LogP contribution is -2.31. The van der Waals surface area contributed by atoms with Crippen LogP contribution in [0.3, 0.4) is 0 Å². The molecule has 13 heteroatoms. The second kappa shape index (κ2) is 8.53. The van der Waals surface area contributed by atoms with E-state index in [-0.39, 0.29) is 51.9 Å². The Bertz CT molecular complexity index is 1550. The summed E-state index contributed by atoms with van der Waals surface area (Å²) in [6.45, 7) is 1.67. The molecule has 4 aromatic rings. The molecule has 4 rings (SSSR count). The van der Waals surface area contributed by atoms with Gasteiger partial charge in [-0.1, -0.05) is 11.6 Å². The van der Waals surface area contributed by atoms with E-state index in [2.05, 4.69) is 15.0 Å². The fraction of sp³-hybridized carbons (Fsp3) is 0.0952. The van der Waals surface area contributed by atoms with Crippen molar-refractivity contribution < 1.29 is 13.2 Å². The Morgan fingerprint density at radius 3 is 2.41 bits per heavy atom. The van der Waals surface area contributed by atoms with Crippen LogP contribution in [0.1, 0.15) is 12.5 Å². The van der Waals surface area contributed by atoms with Crippen LogP contribution < -0.4 is 21.9 Å². The van der Waals surface area contributed by atoms with Crippen LogP contribution in [0.4, 0.5) is 36.7 Å². The van der Waals surface area contributed by atoms with Crippen LogP contribution in [0.2, 0.25) is 5.02 Å². The molecule has 0 bridgehead atoms. The molecular weight excluding hydrogens is 473 g/mol. The predicted molar refractivity (Wildman–Crippen MR) is 120 cm³/mol. The number of fused-ring (bicyclic) bond motifs is 1. The molecule has 9 nitrogen and oxygen atoms in total. The van der Waals surface area contributed by atoms with Gasteiger partial charge < -0.3 is 11.5 Å². The first-order valence-corrected chi connectivity index (χ1v) is 10.0. The van der Waals surface area contributed by atoms with Crippen molar-refractivity contribution in [3.8, 4) is 11.8 Å². The zero-order chi connectivity index (χ0) is 24.7. The van der Waals surface area contributed by atoms with Crippen LogP contribution in [0, 0.1) is 28.8 Å². The van der Waals surface area contributed by atoms with Crippen molar-refractivity contribution in [2.45, 2.75) is 6.92 Å². The van der Waals surface area contributed by atoms with E-state index in [4.69, 9.17) is 23.1 Å². The van der Waals surface area contributed by atoms with Gasteiger partial charge >= 0.3 is 0 Å². The van der Waals surface area contributed by atoms with Crippen molar-refractivity contribution >= 4 is 46.0 Å². The molecule has 0 amide bonds. The molecule has 0 saturated heterocycles. The molecule has 0 fully saturated rings. The Hall–Kier alpha value is -4.37. The zero-order valence-corrected chi connectivity index (χ0v) is 18.1. The molecule has 0 unspecified atom stereocenters. The summed E-state index contributed by atoms with van der Waals surface area (Å²) in [6.07, 6.45) is 0. The van der Waals surface area contributed by atoms with Crippen molar-refractivity contribution in [2.75, 3.05) is 22.9 Å². The topological polar surface area (TPSA) is 140 Å². The van der Waals surface area contributed by atoms with Crippen LogP contribution >= 0.6 is 11.6 Å². The Balaban J connectivity index is 2.17. The summed E-state index contributed by atoms with van der Waals surface area (Å²) in [5.41, 5.74) is 9.96. The fourth-order valence-electron chi connectivity index (χ4n) is 3.45. The van der Waals surface area contributed by atoms with Crippen molar-refractivity contribution in [1.29, 1.82) is 5.26 Å². The van der Waals surface area contributed by atoms with Gasteiger partial charge in [0.1, 0.15) is 34.5 Å². The summed E-state index contributed by atoms with van der Waals surface area (Å²) < 4.78 is 43.8. The molecule has 2 heterocycles. The van der Waals surface area contributed by atoms with Gasteiger partial charge in [0.15, 0.2) is 11.6 Å². The maximum Gasteiger partial charge on any atom is 0.270 e. The summed E-state index contributed by atoms with van der Waals surface area (Å²) in [7, 11) is 0. The number of hydrogen-bond acceptors (Lipinski definition) is 8. The number of nitrogens with zero attached hydrogens (tertiary/aromatic N) is 6. The van der Waals surface area contributed by atoms with Crippen molar-refractivity contribution in [3.05, 3.63) is 68.7 Å². The van der Waals surface area contributed by atoms with E-state index < -0.39 is 28.4 Å². The maximum atomic E-state index is 14.8. The minimum absolute atomic E-state index is 0.0381. The first kappa shape index (κ1) is 22.8. The van der Waals surface area contributed by atoms with E-state index in [9.17, 15) is 23.2 Å². The van der Waals surface area contributed by atoms with E-state index in [1.807, 2.05) is 6.07 Å². The highest BCUT2D eigenvalue weighted by atomic mass is 35.5. The molecule has 0 saturated carbocycles. The second-order valence-corrected chi connectivity index (χ2v) is 7.36. The van der Waals surface area contributed by atoms with E-state index in [1.54, 1.807) is 6.92 Å². The zero-order valence-electron chi connectivity index (χ0n) is 17.4. The number of nitriles is 1. The summed E-state index contributed by atoms with van der Waals surface area (Å²) in [5, 5.41) is 8.76. The van der Waals surface area contributed by atoms with Crippen molar-refractivity contribution in [1.82, 2.24) is 19.5 Å². The lowest BCUT2D eigenvalue weighted by molar-refractivity contribution is 0.581. The number of benzene rings is 2. The number of nitrogens with two attached hydrogens (primary N) is 2. The summed E-state index contributed by atoms with van der Waals surface area (Å²) in [5.74, 6) is -3.87. The fourth-order valence-corrected chi connectivity index (χ4v) is 3.61. The number of halogens is 4. The molecular formula is C21H14ClF3N8O. The lowest BCUT2D eigenvalue weighted by Gasteiger charge is -2.26. The van der Waals surface area contributed by atoms with Crippen LogP contribution in [0.5, 0.6) is 0 Å². The van der Waals surface area contributed by atoms with Gasteiger partial charge in [0.2, 0.25) is 11.9 Å². The second-order valence-electron chi connectivity index (χ2n) is 6.96. The van der Waals surface area contributed by atoms with Gasteiger partial charge in [-0.3, -0.25) is 9.69 Å². The van der Waals surface area contributed by atoms with Gasteiger partial charge in [-0.15, -0.1) is 0 Å². The van der Waals surface area contributed by atoms with Gasteiger partial charge in [-0.2, -0.15) is 15.2 Å². The summed E-state index contributed by atoms with van der Waals surface area (Å²) in [4.78, 5) is 26.9. The van der Waals surface area contributed by atoms with Gasteiger partial charge in [0.25, 0.3) is 5.56 Å². The number of rotatable bonds is 4. The minimum Gasteiger partial charge on any atom is -0.382 e. The first-order chi connectivity index (χ1) is 16.2. The van der Waals surface area contributed by atoms with E-state index in [1.165, 1.54) is 17.0 Å². The molecule has 172 valence electrons. The monoisotopic (exact) mass is 486 g/mol. The standard InChI is InChI=1S/C21H14ClF3N8O/c1-2-32(18-12(8-26)17(27)30-20(28)31-18)21-29-14-4-3-13(22)16(25)15(14)19(34)33(21)11-6-9(23)5-10(24)7-11/h3-7H,2H2,1H3,(H4,27,28,30,31). The largest absolute Gasteiger partial charge is 0.382 e. The normalized spacial score (nSPS) is 10.9. The Kier molecular flexibility index (Phi) is 5.72. The molecule has 4 N–H and O–H groups in total. The summed E-state index contributed by atoms with van der Waals surface area (Å²) in [6, 6.07) is 6.72. The number of aromatic nitrogens is 4. The predicted octanol–water partition coefficient (Wildman–Crippen LogP) is 3.44. The summed E-state index contributed by atoms with van der Waals surface area (Å²) >= 11 is 5.85. The molecule has 0 aliphatic rings. The number of hydrogen-bond donors (Lipinski definition) is 2. The Labute approximate surface area is 194 Å². The molecule has 0 spiro atoms. The highest BCUT2D eigenvalue weighted by Crippen LogP contribution is 2.31. The van der Waals surface area contributed by atoms with Crippen LogP contribution in [0.25, 0.3) is 16.6 Å². The van der Waals surface area contributed by atoms with Gasteiger partial charge in [-0.25, -0.2) is 22.7 Å². The van der Waals surface area contributed by atoms with E-state index in [0.717, 1.165) is 16.7 Å². The SMILES string of the molecule is CCN(c1nc(N)nc(N)c1C#N)c1nc2ccc(Cl)c(F)c2c(=O)n1-c1cc(F)cc(F)c1. The molecule has 2 aromatic carbocycles. The average Bonchev–Trinajstić information content (AvgIpc) is 2.76. The van der Waals surface area contributed by atoms with E-state index in [0.29, 0.717) is 6.07 Å². The third-order valence-electron chi connectivity index (χ3n) is 4.88. The highest BCUT2D eigenvalue weighted by molar-refractivity contribution is 6.31. The third-order valence-corrected chi connectivity index (χ3v) is 5.17. The van der Waals surface area contributed by atoms with Gasteiger partial charge in [0.05, 0.1) is 16.2 Å². The first-order valence-electron chi connectivity index (χ1n) is 9.64. The van der Waals surface area contributed by atoms with Gasteiger partial charge in [-0.05, 0) is 31.2 Å². The molecule has 0 radical (unpaired) electrons. The van der Waals surface area contributed by atoms with E-state index >= 15 is 0 Å². The maximum absolute atomic E-state index is 14.8. The Morgan fingerprint density at radius 1 is 1.12 bits per heavy atom. The number of nitrogen functional groups attached to an aromatic ring is 2. The Morgan fingerprint density at radius 2 is 1.79 bits per heavy atom. The molecule has 0 atom stereocenters. The van der Waals surface area contributed by atoms with Gasteiger partial charge in [0, 0.05) is 12.6 Å². The average molecular weight is 487 g/mol.